The molecule has 2 heterocycles. The zero-order chi connectivity index (χ0) is 12.6. The minimum Gasteiger partial charge on any atom is -0.285 e. The summed E-state index contributed by atoms with van der Waals surface area (Å²) in [4.78, 5) is 16.1. The van der Waals surface area contributed by atoms with Gasteiger partial charge in [0.15, 0.2) is 4.60 Å². The standard InChI is InChI=1S/C9H5BrCl2N4O/c1-16-7(9(10)14-15-16)8(17)6-5(12)2-4(11)3-13-6/h2-3H,1H3. The fraction of sp³-hybridized carbons (Fsp3) is 0.111. The first-order chi connectivity index (χ1) is 8.00. The van der Waals surface area contributed by atoms with Crippen LogP contribution in [0.4, 0.5) is 0 Å². The van der Waals surface area contributed by atoms with E-state index in [-0.39, 0.29) is 22.2 Å². The Kier molecular flexibility index (Phi) is 3.46. The number of hydrogen-bond acceptors (Lipinski definition) is 4. The van der Waals surface area contributed by atoms with E-state index in [1.54, 1.807) is 7.05 Å². The summed E-state index contributed by atoms with van der Waals surface area (Å²) >= 11 is 14.8. The number of nitrogens with zero attached hydrogens (tertiary/aromatic N) is 4. The third kappa shape index (κ3) is 2.34. The number of rotatable bonds is 2. The van der Waals surface area contributed by atoms with E-state index in [9.17, 15) is 4.79 Å². The maximum absolute atomic E-state index is 12.2. The largest absolute Gasteiger partial charge is 0.285 e. The van der Waals surface area contributed by atoms with Crippen LogP contribution in [0.1, 0.15) is 16.2 Å². The SMILES string of the molecule is Cn1nnc(Br)c1C(=O)c1ncc(Cl)cc1Cl. The highest BCUT2D eigenvalue weighted by Crippen LogP contribution is 2.23. The van der Waals surface area contributed by atoms with Crippen molar-refractivity contribution in [1.82, 2.24) is 20.0 Å². The summed E-state index contributed by atoms with van der Waals surface area (Å²) in [6, 6.07) is 1.46. The molecule has 0 spiro atoms. The quantitative estimate of drug-likeness (QED) is 0.791. The number of halogens is 3. The van der Waals surface area contributed by atoms with Gasteiger partial charge in [0.05, 0.1) is 10.0 Å². The van der Waals surface area contributed by atoms with Crippen molar-refractivity contribution in [3.8, 4) is 0 Å². The number of aromatic nitrogens is 4. The van der Waals surface area contributed by atoms with Crippen molar-refractivity contribution in [3.63, 3.8) is 0 Å². The van der Waals surface area contributed by atoms with Crippen molar-refractivity contribution in [2.75, 3.05) is 0 Å². The van der Waals surface area contributed by atoms with Crippen LogP contribution in [0.5, 0.6) is 0 Å². The van der Waals surface area contributed by atoms with Crippen molar-refractivity contribution in [1.29, 1.82) is 0 Å². The van der Waals surface area contributed by atoms with Crippen LogP contribution in [-0.2, 0) is 7.05 Å². The van der Waals surface area contributed by atoms with Gasteiger partial charge >= 0.3 is 0 Å². The van der Waals surface area contributed by atoms with E-state index in [1.165, 1.54) is 16.9 Å². The predicted octanol–water partition coefficient (Wildman–Crippen LogP) is 2.51. The van der Waals surface area contributed by atoms with Crippen LogP contribution >= 0.6 is 39.1 Å². The Balaban J connectivity index is 2.51. The van der Waals surface area contributed by atoms with Gasteiger partial charge in [0.25, 0.3) is 0 Å². The van der Waals surface area contributed by atoms with Gasteiger partial charge in [0, 0.05) is 13.2 Å². The first kappa shape index (κ1) is 12.5. The molecular weight excluding hydrogens is 331 g/mol. The van der Waals surface area contributed by atoms with Crippen LogP contribution in [0.3, 0.4) is 0 Å². The zero-order valence-electron chi connectivity index (χ0n) is 8.49. The van der Waals surface area contributed by atoms with Gasteiger partial charge in [0.1, 0.15) is 11.4 Å². The van der Waals surface area contributed by atoms with E-state index in [0.29, 0.717) is 9.63 Å². The highest BCUT2D eigenvalue weighted by atomic mass is 79.9. The average molecular weight is 336 g/mol. The van der Waals surface area contributed by atoms with Crippen LogP contribution in [0.15, 0.2) is 16.9 Å². The summed E-state index contributed by atoms with van der Waals surface area (Å²) in [5.74, 6) is -0.369. The zero-order valence-corrected chi connectivity index (χ0v) is 11.6. The maximum atomic E-state index is 12.2. The molecule has 0 amide bonds. The van der Waals surface area contributed by atoms with E-state index < -0.39 is 0 Å². The van der Waals surface area contributed by atoms with Gasteiger partial charge in [-0.15, -0.1) is 5.10 Å². The van der Waals surface area contributed by atoms with Gasteiger partial charge < -0.3 is 0 Å². The average Bonchev–Trinajstić information content (AvgIpc) is 2.58. The molecule has 0 saturated carbocycles. The number of carbonyl (C=O) groups is 1. The lowest BCUT2D eigenvalue weighted by Crippen LogP contribution is -2.11. The second kappa shape index (κ2) is 4.72. The molecule has 2 aromatic rings. The Morgan fingerprint density at radius 2 is 2.18 bits per heavy atom. The highest BCUT2D eigenvalue weighted by molar-refractivity contribution is 9.10. The lowest BCUT2D eigenvalue weighted by atomic mass is 10.2. The Bertz CT molecular complexity index is 579. The van der Waals surface area contributed by atoms with E-state index in [1.807, 2.05) is 0 Å². The molecule has 0 aromatic carbocycles. The van der Waals surface area contributed by atoms with E-state index in [2.05, 4.69) is 31.2 Å². The van der Waals surface area contributed by atoms with Gasteiger partial charge in [-0.3, -0.25) is 4.79 Å². The Labute approximate surface area is 115 Å². The fourth-order valence-corrected chi connectivity index (χ4v) is 2.24. The first-order valence-electron chi connectivity index (χ1n) is 4.41. The van der Waals surface area contributed by atoms with Crippen LogP contribution < -0.4 is 0 Å². The number of pyridine rings is 1. The molecule has 0 N–H and O–H groups in total. The Hall–Kier alpha value is -0.980. The van der Waals surface area contributed by atoms with E-state index >= 15 is 0 Å². The lowest BCUT2D eigenvalue weighted by Gasteiger charge is -2.03. The van der Waals surface area contributed by atoms with Gasteiger partial charge in [0.2, 0.25) is 5.78 Å². The van der Waals surface area contributed by atoms with Crippen LogP contribution in [0, 0.1) is 0 Å². The molecule has 0 saturated heterocycles. The molecule has 0 fully saturated rings. The molecule has 0 aliphatic rings. The van der Waals surface area contributed by atoms with E-state index in [0.717, 1.165) is 0 Å². The summed E-state index contributed by atoms with van der Waals surface area (Å²) in [5, 5.41) is 7.99. The molecule has 88 valence electrons. The number of hydrogen-bond donors (Lipinski definition) is 0. The monoisotopic (exact) mass is 334 g/mol. The van der Waals surface area contributed by atoms with Gasteiger partial charge in [-0.1, -0.05) is 28.4 Å². The first-order valence-corrected chi connectivity index (χ1v) is 5.96. The summed E-state index contributed by atoms with van der Waals surface area (Å²) in [5.41, 5.74) is 0.392. The summed E-state index contributed by atoms with van der Waals surface area (Å²) in [6.45, 7) is 0. The molecule has 0 atom stereocenters. The van der Waals surface area contributed by atoms with Crippen molar-refractivity contribution in [2.24, 2.45) is 7.05 Å². The lowest BCUT2D eigenvalue weighted by molar-refractivity contribution is 0.102. The highest BCUT2D eigenvalue weighted by Gasteiger charge is 2.22. The molecule has 8 heteroatoms. The van der Waals surface area contributed by atoms with Crippen LogP contribution in [-0.4, -0.2) is 25.8 Å². The molecule has 0 aliphatic carbocycles. The third-order valence-corrected chi connectivity index (χ3v) is 3.05. The summed E-state index contributed by atoms with van der Waals surface area (Å²) < 4.78 is 1.69. The Morgan fingerprint density at radius 3 is 2.71 bits per heavy atom. The predicted molar refractivity (Wildman–Crippen MR) is 66.4 cm³/mol. The van der Waals surface area contributed by atoms with Crippen LogP contribution in [0.25, 0.3) is 0 Å². The fourth-order valence-electron chi connectivity index (χ4n) is 1.27. The molecular formula is C9H5BrCl2N4O. The van der Waals surface area contributed by atoms with Crippen molar-refractivity contribution >= 4 is 44.9 Å². The summed E-state index contributed by atoms with van der Waals surface area (Å²) in [6.07, 6.45) is 1.36. The smallest absolute Gasteiger partial charge is 0.233 e. The number of aryl methyl sites for hydroxylation is 1. The number of ketones is 1. The topological polar surface area (TPSA) is 60.7 Å². The molecule has 17 heavy (non-hydrogen) atoms. The minimum absolute atomic E-state index is 0.113. The maximum Gasteiger partial charge on any atom is 0.233 e. The molecule has 0 radical (unpaired) electrons. The number of carbonyl (C=O) groups excluding carboxylic acids is 1. The van der Waals surface area contributed by atoms with Crippen molar-refractivity contribution in [2.45, 2.75) is 0 Å². The molecule has 0 aliphatic heterocycles. The molecule has 2 aromatic heterocycles. The van der Waals surface area contributed by atoms with Gasteiger partial charge in [-0.2, -0.15) is 0 Å². The van der Waals surface area contributed by atoms with Gasteiger partial charge in [-0.25, -0.2) is 9.67 Å². The second-order valence-corrected chi connectivity index (χ2v) is 4.76. The molecule has 5 nitrogen and oxygen atoms in total. The molecule has 0 bridgehead atoms. The van der Waals surface area contributed by atoms with Crippen LogP contribution in [0.2, 0.25) is 10.0 Å². The Morgan fingerprint density at radius 1 is 1.47 bits per heavy atom. The van der Waals surface area contributed by atoms with Crippen molar-refractivity contribution in [3.05, 3.63) is 38.3 Å². The summed E-state index contributed by atoms with van der Waals surface area (Å²) in [7, 11) is 1.61. The third-order valence-electron chi connectivity index (χ3n) is 2.02. The molecule has 0 unspecified atom stereocenters. The van der Waals surface area contributed by atoms with E-state index in [4.69, 9.17) is 23.2 Å². The minimum atomic E-state index is -0.369. The normalized spacial score (nSPS) is 10.6. The van der Waals surface area contributed by atoms with Gasteiger partial charge in [-0.05, 0) is 22.0 Å². The van der Waals surface area contributed by atoms with Crippen molar-refractivity contribution < 1.29 is 4.79 Å². The molecule has 2 rings (SSSR count). The second-order valence-electron chi connectivity index (χ2n) is 3.17.